The van der Waals surface area contributed by atoms with E-state index in [1.807, 2.05) is 12.2 Å². The van der Waals surface area contributed by atoms with Gasteiger partial charge in [-0.05, 0) is 32.6 Å². The maximum Gasteiger partial charge on any atom is 0.328 e. The number of carboxylic acids is 1. The van der Waals surface area contributed by atoms with E-state index in [2.05, 4.69) is 0 Å². The van der Waals surface area contributed by atoms with Gasteiger partial charge in [0.2, 0.25) is 0 Å². The van der Waals surface area contributed by atoms with Gasteiger partial charge < -0.3 is 20.4 Å². The Hall–Kier alpha value is -1.69. The van der Waals surface area contributed by atoms with Crippen molar-refractivity contribution in [3.8, 4) is 0 Å². The topological polar surface area (TPSA) is 98.0 Å². The fourth-order valence-corrected chi connectivity index (χ4v) is 1.80. The van der Waals surface area contributed by atoms with E-state index in [-0.39, 0.29) is 12.5 Å². The number of aliphatic carboxylic acids is 1. The van der Waals surface area contributed by atoms with E-state index in [4.69, 9.17) is 10.2 Å². The molecular formula is C18H28O5. The average molecular weight is 324 g/mol. The summed E-state index contributed by atoms with van der Waals surface area (Å²) >= 11 is 0. The van der Waals surface area contributed by atoms with E-state index in [0.29, 0.717) is 6.42 Å². The quantitative estimate of drug-likeness (QED) is 0.251. The van der Waals surface area contributed by atoms with Gasteiger partial charge in [0.15, 0.2) is 0 Å². The molecular weight excluding hydrogens is 296 g/mol. The standard InChI is InChI=1S/C18H28O5/c1-15(19)10-6-3-2-4-7-11-16(20)14-17(21)12-8-5-9-13-18(22)23/h2,4-5,7-9,11,13,15-17,19-21H,3,6,10,12,14H2,1H3,(H,22,23)/b4-2+,8-5-,11-7+,13-9+/t15-,16?,17?/m1/s1. The van der Waals surface area contributed by atoms with Gasteiger partial charge >= 0.3 is 5.97 Å². The highest BCUT2D eigenvalue weighted by Gasteiger charge is 2.07. The van der Waals surface area contributed by atoms with Crippen LogP contribution in [-0.4, -0.2) is 44.7 Å². The molecule has 0 aromatic carbocycles. The molecule has 0 aromatic heterocycles. The molecule has 130 valence electrons. The van der Waals surface area contributed by atoms with Gasteiger partial charge in [-0.25, -0.2) is 4.79 Å². The molecule has 23 heavy (non-hydrogen) atoms. The molecule has 0 saturated carbocycles. The largest absolute Gasteiger partial charge is 0.478 e. The van der Waals surface area contributed by atoms with Crippen molar-refractivity contribution in [1.82, 2.24) is 0 Å². The number of unbranched alkanes of at least 4 members (excludes halogenated alkanes) is 1. The first-order valence-electron chi connectivity index (χ1n) is 7.85. The van der Waals surface area contributed by atoms with Crippen molar-refractivity contribution in [1.29, 1.82) is 0 Å². The molecule has 0 spiro atoms. The number of hydrogen-bond acceptors (Lipinski definition) is 4. The summed E-state index contributed by atoms with van der Waals surface area (Å²) in [5, 5.41) is 37.0. The Morgan fingerprint density at radius 1 is 1.04 bits per heavy atom. The van der Waals surface area contributed by atoms with Crippen molar-refractivity contribution in [2.45, 2.75) is 57.3 Å². The summed E-state index contributed by atoms with van der Waals surface area (Å²) in [7, 11) is 0. The lowest BCUT2D eigenvalue weighted by Gasteiger charge is -2.10. The highest BCUT2D eigenvalue weighted by Crippen LogP contribution is 2.05. The van der Waals surface area contributed by atoms with Gasteiger partial charge in [-0.1, -0.05) is 42.5 Å². The lowest BCUT2D eigenvalue weighted by molar-refractivity contribution is -0.131. The fraction of sp³-hybridized carbons (Fsp3) is 0.500. The Bertz CT molecular complexity index is 421. The minimum absolute atomic E-state index is 0.222. The van der Waals surface area contributed by atoms with Crippen LogP contribution in [0, 0.1) is 0 Å². The summed E-state index contributed by atoms with van der Waals surface area (Å²) in [6.45, 7) is 1.77. The Labute approximate surface area is 138 Å². The third-order valence-corrected chi connectivity index (χ3v) is 2.98. The molecule has 0 rings (SSSR count). The Balaban J connectivity index is 3.86. The monoisotopic (exact) mass is 324 g/mol. The molecule has 5 heteroatoms. The average Bonchev–Trinajstić information content (AvgIpc) is 2.45. The van der Waals surface area contributed by atoms with Crippen LogP contribution in [0.25, 0.3) is 0 Å². The van der Waals surface area contributed by atoms with Gasteiger partial charge in [0.1, 0.15) is 0 Å². The lowest BCUT2D eigenvalue weighted by Crippen LogP contribution is -2.14. The van der Waals surface area contributed by atoms with Crippen molar-refractivity contribution >= 4 is 5.97 Å². The second kappa shape index (κ2) is 13.9. The Kier molecular flexibility index (Phi) is 12.9. The summed E-state index contributed by atoms with van der Waals surface area (Å²) < 4.78 is 0. The van der Waals surface area contributed by atoms with Crippen molar-refractivity contribution in [2.24, 2.45) is 0 Å². The molecule has 0 aliphatic rings. The van der Waals surface area contributed by atoms with Crippen LogP contribution in [0.2, 0.25) is 0 Å². The first kappa shape index (κ1) is 21.3. The number of aliphatic hydroxyl groups is 3. The van der Waals surface area contributed by atoms with Gasteiger partial charge in [0, 0.05) is 12.5 Å². The van der Waals surface area contributed by atoms with Gasteiger partial charge in [-0.3, -0.25) is 0 Å². The summed E-state index contributed by atoms with van der Waals surface area (Å²) in [4.78, 5) is 10.2. The molecule has 0 amide bonds. The molecule has 4 N–H and O–H groups in total. The summed E-state index contributed by atoms with van der Waals surface area (Å²) in [5.41, 5.74) is 0. The van der Waals surface area contributed by atoms with E-state index in [9.17, 15) is 15.0 Å². The summed E-state index contributed by atoms with van der Waals surface area (Å²) in [6.07, 6.45) is 14.2. The minimum Gasteiger partial charge on any atom is -0.478 e. The smallest absolute Gasteiger partial charge is 0.328 e. The van der Waals surface area contributed by atoms with Crippen LogP contribution in [0.1, 0.15) is 39.0 Å². The highest BCUT2D eigenvalue weighted by atomic mass is 16.4. The molecule has 3 atom stereocenters. The number of rotatable bonds is 12. The van der Waals surface area contributed by atoms with E-state index in [1.165, 1.54) is 6.08 Å². The van der Waals surface area contributed by atoms with E-state index >= 15 is 0 Å². The predicted molar refractivity (Wildman–Crippen MR) is 91.0 cm³/mol. The highest BCUT2D eigenvalue weighted by molar-refractivity contribution is 5.80. The van der Waals surface area contributed by atoms with Gasteiger partial charge in [0.25, 0.3) is 0 Å². The third-order valence-electron chi connectivity index (χ3n) is 2.98. The summed E-state index contributed by atoms with van der Waals surface area (Å²) in [5.74, 6) is -1.02. The maximum atomic E-state index is 10.2. The van der Waals surface area contributed by atoms with Crippen LogP contribution in [0.4, 0.5) is 0 Å². The van der Waals surface area contributed by atoms with Crippen LogP contribution >= 0.6 is 0 Å². The molecule has 0 saturated heterocycles. The van der Waals surface area contributed by atoms with Crippen LogP contribution in [0.3, 0.4) is 0 Å². The number of carboxylic acid groups (broad SMARTS) is 1. The normalized spacial score (nSPS) is 16.7. The number of carbonyl (C=O) groups is 1. The molecule has 0 heterocycles. The SMILES string of the molecule is C[C@@H](O)CCC/C=C/C=C/C(O)CC(O)C/C=C\C=C\C(=O)O. The van der Waals surface area contributed by atoms with Crippen LogP contribution in [0.15, 0.2) is 48.6 Å². The molecule has 0 bridgehead atoms. The molecule has 5 nitrogen and oxygen atoms in total. The molecule has 0 aliphatic carbocycles. The molecule has 0 aromatic rings. The first-order chi connectivity index (χ1) is 10.9. The number of allylic oxidation sites excluding steroid dienone is 5. The van der Waals surface area contributed by atoms with Gasteiger partial charge in [-0.2, -0.15) is 0 Å². The minimum atomic E-state index is -1.02. The van der Waals surface area contributed by atoms with Crippen LogP contribution in [-0.2, 0) is 4.79 Å². The molecule has 0 aliphatic heterocycles. The van der Waals surface area contributed by atoms with E-state index in [0.717, 1.165) is 25.3 Å². The third kappa shape index (κ3) is 16.5. The van der Waals surface area contributed by atoms with E-state index < -0.39 is 18.2 Å². The van der Waals surface area contributed by atoms with Crippen molar-refractivity contribution in [3.63, 3.8) is 0 Å². The van der Waals surface area contributed by atoms with Crippen LogP contribution < -0.4 is 0 Å². The van der Waals surface area contributed by atoms with Gasteiger partial charge in [-0.15, -0.1) is 0 Å². The predicted octanol–water partition coefficient (Wildman–Crippen LogP) is 2.35. The zero-order chi connectivity index (χ0) is 17.5. The van der Waals surface area contributed by atoms with E-state index in [1.54, 1.807) is 31.2 Å². The zero-order valence-electron chi connectivity index (χ0n) is 13.6. The Morgan fingerprint density at radius 3 is 2.39 bits per heavy atom. The number of aliphatic hydroxyl groups excluding tert-OH is 3. The number of hydrogen-bond donors (Lipinski definition) is 4. The first-order valence-corrected chi connectivity index (χ1v) is 7.85. The summed E-state index contributed by atoms with van der Waals surface area (Å²) in [6, 6.07) is 0. The van der Waals surface area contributed by atoms with Crippen molar-refractivity contribution < 1.29 is 25.2 Å². The molecule has 0 radical (unpaired) electrons. The second-order valence-corrected chi connectivity index (χ2v) is 5.41. The molecule has 2 unspecified atom stereocenters. The second-order valence-electron chi connectivity index (χ2n) is 5.41. The van der Waals surface area contributed by atoms with Gasteiger partial charge in [0.05, 0.1) is 18.3 Å². The van der Waals surface area contributed by atoms with Crippen LogP contribution in [0.5, 0.6) is 0 Å². The van der Waals surface area contributed by atoms with Crippen molar-refractivity contribution in [2.75, 3.05) is 0 Å². The lowest BCUT2D eigenvalue weighted by atomic mass is 10.1. The Morgan fingerprint density at radius 2 is 1.74 bits per heavy atom. The zero-order valence-corrected chi connectivity index (χ0v) is 13.6. The molecule has 0 fully saturated rings. The maximum absolute atomic E-state index is 10.2. The van der Waals surface area contributed by atoms with Crippen molar-refractivity contribution in [3.05, 3.63) is 48.6 Å². The fourth-order valence-electron chi connectivity index (χ4n) is 1.80.